The predicted octanol–water partition coefficient (Wildman–Crippen LogP) is 3.74. The summed E-state index contributed by atoms with van der Waals surface area (Å²) in [6.07, 6.45) is 5.65. The molecule has 25 heavy (non-hydrogen) atoms. The van der Waals surface area contributed by atoms with Crippen LogP contribution < -0.4 is 0 Å². The van der Waals surface area contributed by atoms with Crippen LogP contribution in [0.3, 0.4) is 0 Å². The van der Waals surface area contributed by atoms with Crippen molar-refractivity contribution in [3.05, 3.63) is 23.8 Å². The van der Waals surface area contributed by atoms with Gasteiger partial charge in [0.1, 0.15) is 5.78 Å². The van der Waals surface area contributed by atoms with E-state index in [2.05, 4.69) is 38.6 Å². The second kappa shape index (κ2) is 8.72. The largest absolute Gasteiger partial charge is 0.469 e. The highest BCUT2D eigenvalue weighted by Gasteiger charge is 2.40. The zero-order chi connectivity index (χ0) is 19.3. The van der Waals surface area contributed by atoms with Gasteiger partial charge in [-0.3, -0.25) is 14.4 Å². The van der Waals surface area contributed by atoms with Crippen LogP contribution in [-0.2, 0) is 23.5 Å². The number of allylic oxidation sites excluding steroid dienone is 2. The molecule has 0 radical (unpaired) electrons. The summed E-state index contributed by atoms with van der Waals surface area (Å²) < 4.78 is 10.8. The van der Waals surface area contributed by atoms with E-state index in [-0.39, 0.29) is 47.9 Å². The number of ether oxygens (including phenoxy) is 1. The summed E-state index contributed by atoms with van der Waals surface area (Å²) in [5.74, 6) is -0.396. The second-order valence-corrected chi connectivity index (χ2v) is 12.7. The molecule has 0 aromatic heterocycles. The van der Waals surface area contributed by atoms with Crippen LogP contribution in [0.1, 0.15) is 46.5 Å². The van der Waals surface area contributed by atoms with E-state index >= 15 is 0 Å². The van der Waals surface area contributed by atoms with Crippen LogP contribution >= 0.6 is 0 Å². The van der Waals surface area contributed by atoms with Crippen molar-refractivity contribution in [1.82, 2.24) is 0 Å². The van der Waals surface area contributed by atoms with Crippen molar-refractivity contribution in [3.63, 3.8) is 0 Å². The molecule has 0 saturated carbocycles. The zero-order valence-electron chi connectivity index (χ0n) is 16.2. The fraction of sp³-hybridized carbons (Fsp3) is 0.632. The molecule has 5 nitrogen and oxygen atoms in total. The third-order valence-corrected chi connectivity index (χ3v) is 9.30. The molecule has 1 atom stereocenters. The number of hydrogen-bond acceptors (Lipinski definition) is 5. The van der Waals surface area contributed by atoms with E-state index in [1.165, 1.54) is 7.11 Å². The molecule has 0 amide bonds. The van der Waals surface area contributed by atoms with E-state index in [1.54, 1.807) is 12.2 Å². The molecule has 0 fully saturated rings. The lowest BCUT2D eigenvalue weighted by atomic mass is 10.1. The Kier molecular flexibility index (Phi) is 7.50. The van der Waals surface area contributed by atoms with E-state index in [0.29, 0.717) is 12.0 Å². The van der Waals surface area contributed by atoms with Crippen LogP contribution in [0, 0.1) is 0 Å². The van der Waals surface area contributed by atoms with Crippen LogP contribution in [0.2, 0.25) is 18.1 Å². The minimum atomic E-state index is -1.95. The quantitative estimate of drug-likeness (QED) is 0.372. The summed E-state index contributed by atoms with van der Waals surface area (Å²) >= 11 is 0. The Labute approximate surface area is 151 Å². The zero-order valence-corrected chi connectivity index (χ0v) is 17.2. The third kappa shape index (κ3) is 6.70. The number of carbonyl (C=O) groups is 3. The monoisotopic (exact) mass is 366 g/mol. The van der Waals surface area contributed by atoms with E-state index < -0.39 is 8.32 Å². The molecule has 0 bridgehead atoms. The van der Waals surface area contributed by atoms with Crippen molar-refractivity contribution in [3.8, 4) is 0 Å². The highest BCUT2D eigenvalue weighted by Crippen LogP contribution is 2.38. The van der Waals surface area contributed by atoms with Gasteiger partial charge in [-0.05, 0) is 24.2 Å². The molecule has 140 valence electrons. The van der Waals surface area contributed by atoms with E-state index in [1.807, 2.05) is 6.08 Å². The maximum Gasteiger partial charge on any atom is 0.309 e. The summed E-state index contributed by atoms with van der Waals surface area (Å²) in [7, 11) is -0.625. The lowest BCUT2D eigenvalue weighted by Crippen LogP contribution is -2.43. The van der Waals surface area contributed by atoms with Crippen molar-refractivity contribution in [2.75, 3.05) is 7.11 Å². The van der Waals surface area contributed by atoms with Crippen LogP contribution in [0.5, 0.6) is 0 Å². The molecule has 0 aromatic carbocycles. The van der Waals surface area contributed by atoms with Crippen molar-refractivity contribution < 1.29 is 23.5 Å². The lowest BCUT2D eigenvalue weighted by molar-refractivity contribution is -0.139. The number of hydrogen-bond donors (Lipinski definition) is 0. The van der Waals surface area contributed by atoms with Gasteiger partial charge in [0, 0.05) is 24.8 Å². The summed E-state index contributed by atoms with van der Waals surface area (Å²) in [4.78, 5) is 35.1. The standard InChI is InChI=1S/C19H30O5Si/c1-19(2,3)25(5,6)24-16-12-14(17(21)13-16)11-15(20)9-7-8-10-18(22)23-4/h7-8,12,16H,9-11,13H2,1-6H3/b8-7+. The Morgan fingerprint density at radius 1 is 1.24 bits per heavy atom. The van der Waals surface area contributed by atoms with Crippen molar-refractivity contribution in [1.29, 1.82) is 0 Å². The van der Waals surface area contributed by atoms with Crippen LogP contribution in [-0.4, -0.2) is 39.1 Å². The molecule has 0 heterocycles. The molecular weight excluding hydrogens is 336 g/mol. The summed E-state index contributed by atoms with van der Waals surface area (Å²) in [5, 5.41) is 0.0763. The summed E-state index contributed by atoms with van der Waals surface area (Å²) in [6, 6.07) is 0. The highest BCUT2D eigenvalue weighted by molar-refractivity contribution is 6.74. The van der Waals surface area contributed by atoms with E-state index in [4.69, 9.17) is 4.43 Å². The average molecular weight is 367 g/mol. The Morgan fingerprint density at radius 2 is 1.84 bits per heavy atom. The van der Waals surface area contributed by atoms with Gasteiger partial charge in [0.2, 0.25) is 0 Å². The van der Waals surface area contributed by atoms with Gasteiger partial charge in [-0.2, -0.15) is 0 Å². The number of esters is 1. The molecular formula is C19H30O5Si. The Balaban J connectivity index is 2.57. The lowest BCUT2D eigenvalue weighted by Gasteiger charge is -2.37. The van der Waals surface area contributed by atoms with E-state index in [9.17, 15) is 14.4 Å². The van der Waals surface area contributed by atoms with Gasteiger partial charge in [-0.25, -0.2) is 0 Å². The molecule has 1 aliphatic carbocycles. The van der Waals surface area contributed by atoms with Gasteiger partial charge >= 0.3 is 5.97 Å². The molecule has 0 saturated heterocycles. The highest BCUT2D eigenvalue weighted by atomic mass is 28.4. The summed E-state index contributed by atoms with van der Waals surface area (Å²) in [5.41, 5.74) is 0.551. The first-order chi connectivity index (χ1) is 11.5. The molecule has 0 aromatic rings. The van der Waals surface area contributed by atoms with Gasteiger partial charge in [0.05, 0.1) is 19.6 Å². The number of methoxy groups -OCH3 is 1. The van der Waals surface area contributed by atoms with Gasteiger partial charge in [-0.1, -0.05) is 32.9 Å². The molecule has 0 spiro atoms. The molecule has 0 N–H and O–H groups in total. The fourth-order valence-corrected chi connectivity index (χ4v) is 3.50. The third-order valence-electron chi connectivity index (χ3n) is 4.80. The molecule has 1 unspecified atom stereocenters. The Morgan fingerprint density at radius 3 is 2.40 bits per heavy atom. The molecule has 1 rings (SSSR count). The number of ketones is 2. The molecule has 0 aliphatic heterocycles. The first kappa shape index (κ1) is 21.5. The first-order valence-corrected chi connectivity index (χ1v) is 11.5. The fourth-order valence-electron chi connectivity index (χ4n) is 2.24. The number of rotatable bonds is 8. The topological polar surface area (TPSA) is 69.7 Å². The second-order valence-electron chi connectivity index (χ2n) is 7.91. The maximum atomic E-state index is 12.1. The maximum absolute atomic E-state index is 12.1. The minimum absolute atomic E-state index is 0.00407. The summed E-state index contributed by atoms with van der Waals surface area (Å²) in [6.45, 7) is 10.8. The van der Waals surface area contributed by atoms with Crippen molar-refractivity contribution in [2.24, 2.45) is 0 Å². The Bertz CT molecular complexity index is 581. The van der Waals surface area contributed by atoms with Crippen molar-refractivity contribution in [2.45, 2.75) is 70.7 Å². The normalized spacial score (nSPS) is 18.6. The van der Waals surface area contributed by atoms with Crippen LogP contribution in [0.4, 0.5) is 0 Å². The molecule has 6 heteroatoms. The van der Waals surface area contributed by atoms with Gasteiger partial charge in [0.25, 0.3) is 0 Å². The van der Waals surface area contributed by atoms with Gasteiger partial charge in [0.15, 0.2) is 14.1 Å². The SMILES string of the molecule is COC(=O)C/C=C/CC(=O)CC1=CC(O[Si](C)(C)C(C)(C)C)CC1=O. The Hall–Kier alpha value is -1.53. The van der Waals surface area contributed by atoms with Gasteiger partial charge in [-0.15, -0.1) is 0 Å². The van der Waals surface area contributed by atoms with Gasteiger partial charge < -0.3 is 9.16 Å². The number of Topliss-reactive ketones (excluding diaryl/α,β-unsaturated/α-hetero) is 2. The van der Waals surface area contributed by atoms with Crippen molar-refractivity contribution >= 4 is 25.9 Å². The van der Waals surface area contributed by atoms with Crippen LogP contribution in [0.25, 0.3) is 0 Å². The number of carbonyl (C=O) groups excluding carboxylic acids is 3. The predicted molar refractivity (Wildman–Crippen MR) is 99.8 cm³/mol. The van der Waals surface area contributed by atoms with Crippen LogP contribution in [0.15, 0.2) is 23.8 Å². The minimum Gasteiger partial charge on any atom is -0.469 e. The average Bonchev–Trinajstić information content (AvgIpc) is 2.81. The smallest absolute Gasteiger partial charge is 0.309 e. The molecule has 1 aliphatic rings. The first-order valence-electron chi connectivity index (χ1n) is 8.61. The van der Waals surface area contributed by atoms with E-state index in [0.717, 1.165) is 0 Å².